The fourth-order valence-corrected chi connectivity index (χ4v) is 5.69. The molecule has 0 bridgehead atoms. The number of aliphatic hydroxyl groups is 1. The van der Waals surface area contributed by atoms with Gasteiger partial charge in [0.25, 0.3) is 0 Å². The zero-order valence-corrected chi connectivity index (χ0v) is 18.2. The number of aliphatic hydroxyl groups excluding tert-OH is 1. The normalized spacial score (nSPS) is 25.4. The molecule has 0 aliphatic carbocycles. The van der Waals surface area contributed by atoms with E-state index in [2.05, 4.69) is 21.9 Å². The molecular formula is C25H30FN3O3. The summed E-state index contributed by atoms with van der Waals surface area (Å²) in [5, 5.41) is 10.2. The molecule has 0 unspecified atom stereocenters. The maximum Gasteiger partial charge on any atom is 0.236 e. The summed E-state index contributed by atoms with van der Waals surface area (Å²) < 4.78 is 19.2. The molecule has 2 atom stereocenters. The number of hydrogen-bond acceptors (Lipinski definition) is 5. The number of hydrogen-bond donors (Lipinski definition) is 1. The molecule has 2 aromatic rings. The fraction of sp³-hybridized carbons (Fsp3) is 0.480. The number of halogens is 1. The molecule has 3 fully saturated rings. The molecule has 1 N–H and O–H groups in total. The molecule has 3 aliphatic rings. The van der Waals surface area contributed by atoms with Gasteiger partial charge in [-0.15, -0.1) is 0 Å². The minimum Gasteiger partial charge on any atom is -0.395 e. The molecule has 1 amide bonds. The zero-order valence-electron chi connectivity index (χ0n) is 18.2. The van der Waals surface area contributed by atoms with E-state index in [0.717, 1.165) is 18.7 Å². The Labute approximate surface area is 188 Å². The Morgan fingerprint density at radius 1 is 1.09 bits per heavy atom. The smallest absolute Gasteiger partial charge is 0.236 e. The fourth-order valence-electron chi connectivity index (χ4n) is 5.69. The minimum absolute atomic E-state index is 0.0261. The van der Waals surface area contributed by atoms with Crippen LogP contribution in [0.25, 0.3) is 0 Å². The van der Waals surface area contributed by atoms with Crippen molar-refractivity contribution in [3.63, 3.8) is 0 Å². The van der Waals surface area contributed by atoms with Crippen molar-refractivity contribution in [1.82, 2.24) is 14.7 Å². The largest absolute Gasteiger partial charge is 0.395 e. The van der Waals surface area contributed by atoms with Crippen LogP contribution in [0.3, 0.4) is 0 Å². The first-order valence-corrected chi connectivity index (χ1v) is 11.4. The maximum absolute atomic E-state index is 13.8. The summed E-state index contributed by atoms with van der Waals surface area (Å²) in [5.41, 5.74) is 1.83. The Bertz CT molecular complexity index is 944. The molecule has 5 rings (SSSR count). The van der Waals surface area contributed by atoms with Crippen LogP contribution >= 0.6 is 0 Å². The van der Waals surface area contributed by atoms with Crippen molar-refractivity contribution in [2.45, 2.75) is 24.0 Å². The van der Waals surface area contributed by atoms with Gasteiger partial charge in [-0.25, -0.2) is 4.39 Å². The standard InChI is InChI=1S/C25H30FN3O3/c26-21-8-4-5-19(13-21)14-29-22(16-30)24(20-6-2-1-3-7-20)25(29)17-28(18-25)23(31)15-27-9-11-32-12-10-27/h1-8,13,22,24,30H,9-12,14-18H2/t22-,24-/m0/s1. The Kier molecular flexibility index (Phi) is 5.99. The van der Waals surface area contributed by atoms with E-state index < -0.39 is 0 Å². The number of carbonyl (C=O) groups excluding carboxylic acids is 1. The van der Waals surface area contributed by atoms with Gasteiger partial charge in [0.1, 0.15) is 5.82 Å². The van der Waals surface area contributed by atoms with Crippen molar-refractivity contribution < 1.29 is 19.0 Å². The van der Waals surface area contributed by atoms with Gasteiger partial charge in [-0.2, -0.15) is 0 Å². The van der Waals surface area contributed by atoms with Gasteiger partial charge < -0.3 is 14.7 Å². The summed E-state index contributed by atoms with van der Waals surface area (Å²) in [6, 6.07) is 16.8. The highest BCUT2D eigenvalue weighted by atomic mass is 19.1. The van der Waals surface area contributed by atoms with Crippen LogP contribution < -0.4 is 0 Å². The van der Waals surface area contributed by atoms with Crippen LogP contribution in [-0.4, -0.2) is 89.8 Å². The average Bonchev–Trinajstić information content (AvgIpc) is 2.77. The third-order valence-electron chi connectivity index (χ3n) is 7.27. The first-order valence-electron chi connectivity index (χ1n) is 11.4. The van der Waals surface area contributed by atoms with Gasteiger partial charge in [0.05, 0.1) is 31.9 Å². The quantitative estimate of drug-likeness (QED) is 0.743. The van der Waals surface area contributed by atoms with Gasteiger partial charge in [-0.3, -0.25) is 14.6 Å². The summed E-state index contributed by atoms with van der Waals surface area (Å²) in [7, 11) is 0. The number of likely N-dealkylation sites (tertiary alicyclic amines) is 2. The first kappa shape index (κ1) is 21.5. The predicted molar refractivity (Wildman–Crippen MR) is 119 cm³/mol. The van der Waals surface area contributed by atoms with E-state index in [1.54, 1.807) is 12.1 Å². The van der Waals surface area contributed by atoms with E-state index in [-0.39, 0.29) is 35.8 Å². The van der Waals surface area contributed by atoms with Gasteiger partial charge in [0.2, 0.25) is 5.91 Å². The van der Waals surface area contributed by atoms with Crippen molar-refractivity contribution in [2.24, 2.45) is 0 Å². The van der Waals surface area contributed by atoms with E-state index >= 15 is 0 Å². The van der Waals surface area contributed by atoms with Crippen LogP contribution in [0.1, 0.15) is 17.0 Å². The van der Waals surface area contributed by atoms with E-state index in [9.17, 15) is 14.3 Å². The highest BCUT2D eigenvalue weighted by Crippen LogP contribution is 2.54. The van der Waals surface area contributed by atoms with E-state index in [0.29, 0.717) is 39.4 Å². The molecule has 3 aliphatic heterocycles. The Morgan fingerprint density at radius 3 is 2.53 bits per heavy atom. The summed E-state index contributed by atoms with van der Waals surface area (Å²) in [6.07, 6.45) is 0. The minimum atomic E-state index is -0.256. The molecule has 1 spiro atoms. The van der Waals surface area contributed by atoms with Crippen molar-refractivity contribution in [2.75, 3.05) is 52.5 Å². The average molecular weight is 440 g/mol. The molecular weight excluding hydrogens is 409 g/mol. The molecule has 3 saturated heterocycles. The van der Waals surface area contributed by atoms with E-state index in [1.807, 2.05) is 29.2 Å². The lowest BCUT2D eigenvalue weighted by Crippen LogP contribution is -2.84. The number of carbonyl (C=O) groups is 1. The van der Waals surface area contributed by atoms with Gasteiger partial charge in [0, 0.05) is 44.7 Å². The lowest BCUT2D eigenvalue weighted by Gasteiger charge is -2.71. The van der Waals surface area contributed by atoms with Crippen LogP contribution in [-0.2, 0) is 16.1 Å². The van der Waals surface area contributed by atoms with E-state index in [4.69, 9.17) is 4.74 Å². The van der Waals surface area contributed by atoms with Gasteiger partial charge in [-0.1, -0.05) is 42.5 Å². The molecule has 7 heteroatoms. The zero-order chi connectivity index (χ0) is 22.1. The van der Waals surface area contributed by atoms with Crippen LogP contribution in [0.5, 0.6) is 0 Å². The van der Waals surface area contributed by atoms with Crippen molar-refractivity contribution in [3.05, 3.63) is 71.5 Å². The number of morpholine rings is 1. The first-order chi connectivity index (χ1) is 15.6. The monoisotopic (exact) mass is 439 g/mol. The van der Waals surface area contributed by atoms with Gasteiger partial charge >= 0.3 is 0 Å². The summed E-state index contributed by atoms with van der Waals surface area (Å²) >= 11 is 0. The maximum atomic E-state index is 13.8. The number of amides is 1. The van der Waals surface area contributed by atoms with Gasteiger partial charge in [-0.05, 0) is 23.3 Å². The Morgan fingerprint density at radius 2 is 1.84 bits per heavy atom. The van der Waals surface area contributed by atoms with Crippen molar-refractivity contribution in [3.8, 4) is 0 Å². The molecule has 6 nitrogen and oxygen atoms in total. The second-order valence-corrected chi connectivity index (χ2v) is 9.14. The second-order valence-electron chi connectivity index (χ2n) is 9.14. The van der Waals surface area contributed by atoms with E-state index in [1.165, 1.54) is 11.6 Å². The molecule has 170 valence electrons. The number of ether oxygens (including phenoxy) is 1. The van der Waals surface area contributed by atoms with Crippen LogP contribution in [0.15, 0.2) is 54.6 Å². The second kappa shape index (κ2) is 8.90. The number of benzene rings is 2. The molecule has 0 saturated carbocycles. The van der Waals surface area contributed by atoms with Crippen LogP contribution in [0.4, 0.5) is 4.39 Å². The van der Waals surface area contributed by atoms with Gasteiger partial charge in [0.15, 0.2) is 0 Å². The van der Waals surface area contributed by atoms with Crippen LogP contribution in [0, 0.1) is 5.82 Å². The Hall–Kier alpha value is -2.32. The molecule has 0 radical (unpaired) electrons. The lowest BCUT2D eigenvalue weighted by molar-refractivity contribution is -0.200. The molecule has 32 heavy (non-hydrogen) atoms. The summed E-state index contributed by atoms with van der Waals surface area (Å²) in [4.78, 5) is 19.3. The molecule has 3 heterocycles. The van der Waals surface area contributed by atoms with Crippen molar-refractivity contribution in [1.29, 1.82) is 0 Å². The topological polar surface area (TPSA) is 56.3 Å². The predicted octanol–water partition coefficient (Wildman–Crippen LogP) is 1.70. The SMILES string of the molecule is O=C(CN1CCOCC1)N1CC2(C1)[C@@H](c1ccccc1)[C@H](CO)N2Cc1cccc(F)c1. The summed E-state index contributed by atoms with van der Waals surface area (Å²) in [6.45, 7) is 5.17. The number of nitrogens with zero attached hydrogens (tertiary/aromatic N) is 3. The van der Waals surface area contributed by atoms with Crippen LogP contribution in [0.2, 0.25) is 0 Å². The molecule has 2 aromatic carbocycles. The Balaban J connectivity index is 1.35. The highest BCUT2D eigenvalue weighted by Gasteiger charge is 2.66. The third kappa shape index (κ3) is 3.83. The lowest BCUT2D eigenvalue weighted by atomic mass is 9.60. The van der Waals surface area contributed by atoms with Crippen molar-refractivity contribution >= 4 is 5.91 Å². The molecule has 0 aromatic heterocycles. The third-order valence-corrected chi connectivity index (χ3v) is 7.27. The summed E-state index contributed by atoms with van der Waals surface area (Å²) in [5.74, 6) is 0.0188. The highest BCUT2D eigenvalue weighted by molar-refractivity contribution is 5.80. The number of rotatable bonds is 6.